The lowest BCUT2D eigenvalue weighted by molar-refractivity contribution is -0.135. The van der Waals surface area contributed by atoms with Crippen molar-refractivity contribution in [2.45, 2.75) is 25.3 Å². The predicted molar refractivity (Wildman–Crippen MR) is 77.7 cm³/mol. The van der Waals surface area contributed by atoms with Crippen molar-refractivity contribution in [1.82, 2.24) is 10.2 Å². The second-order valence-electron chi connectivity index (χ2n) is 5.70. The predicted octanol–water partition coefficient (Wildman–Crippen LogP) is 1.97. The summed E-state index contributed by atoms with van der Waals surface area (Å²) < 4.78 is 5.45. The molecule has 0 bridgehead atoms. The molecule has 0 radical (unpaired) electrons. The van der Waals surface area contributed by atoms with Crippen LogP contribution in [0.3, 0.4) is 0 Å². The van der Waals surface area contributed by atoms with E-state index < -0.39 is 0 Å². The lowest BCUT2D eigenvalue weighted by atomic mass is 10.0. The number of amides is 1. The van der Waals surface area contributed by atoms with E-state index in [-0.39, 0.29) is 6.04 Å². The molecule has 1 amide bonds. The highest BCUT2D eigenvalue weighted by atomic mass is 16.5. The van der Waals surface area contributed by atoms with E-state index in [0.29, 0.717) is 18.2 Å². The Bertz CT molecular complexity index is 485. The number of ether oxygens (including phenoxy) is 1. The minimum Gasteiger partial charge on any atom is -0.496 e. The molecule has 0 spiro atoms. The number of methoxy groups -OCH3 is 1. The summed E-state index contributed by atoms with van der Waals surface area (Å²) in [5.74, 6) is 1.80. The van der Waals surface area contributed by atoms with E-state index in [1.165, 1.54) is 12.8 Å². The van der Waals surface area contributed by atoms with Crippen LogP contribution < -0.4 is 10.1 Å². The van der Waals surface area contributed by atoms with Crippen molar-refractivity contribution in [1.29, 1.82) is 0 Å². The van der Waals surface area contributed by atoms with Crippen LogP contribution in [0.2, 0.25) is 0 Å². The van der Waals surface area contributed by atoms with Crippen molar-refractivity contribution < 1.29 is 9.53 Å². The molecule has 2 aliphatic rings. The Morgan fingerprint density at radius 2 is 2.20 bits per heavy atom. The number of hydrogen-bond donors (Lipinski definition) is 1. The minimum atomic E-state index is 0.0890. The van der Waals surface area contributed by atoms with Gasteiger partial charge in [-0.25, -0.2) is 0 Å². The van der Waals surface area contributed by atoms with Crippen LogP contribution in [0.15, 0.2) is 24.3 Å². The van der Waals surface area contributed by atoms with Gasteiger partial charge in [-0.3, -0.25) is 4.79 Å². The van der Waals surface area contributed by atoms with E-state index in [0.717, 1.165) is 30.9 Å². The van der Waals surface area contributed by atoms with Crippen LogP contribution in [0.5, 0.6) is 5.75 Å². The molecule has 1 aliphatic heterocycles. The standard InChI is InChI=1S/C16H22N2O2/c1-20-15-5-3-2-4-13(15)14-11-17-8-9-18(14)16(19)10-12-6-7-12/h2-5,12,14,17H,6-11H2,1H3/t14-/m0/s1. The SMILES string of the molecule is COc1ccccc1[C@@H]1CNCCN1C(=O)CC1CC1. The van der Waals surface area contributed by atoms with Crippen molar-refractivity contribution in [3.8, 4) is 5.75 Å². The summed E-state index contributed by atoms with van der Waals surface area (Å²) in [6.45, 7) is 2.47. The molecule has 2 fully saturated rings. The number of para-hydroxylation sites is 1. The summed E-state index contributed by atoms with van der Waals surface area (Å²) in [5, 5.41) is 3.39. The topological polar surface area (TPSA) is 41.6 Å². The molecule has 1 saturated heterocycles. The van der Waals surface area contributed by atoms with E-state index in [1.54, 1.807) is 7.11 Å². The van der Waals surface area contributed by atoms with E-state index in [9.17, 15) is 4.79 Å². The average Bonchev–Trinajstić information content (AvgIpc) is 3.31. The van der Waals surface area contributed by atoms with Crippen LogP contribution in [-0.4, -0.2) is 37.6 Å². The number of rotatable bonds is 4. The third-order valence-electron chi connectivity index (χ3n) is 4.22. The number of carbonyl (C=O) groups is 1. The molecule has 20 heavy (non-hydrogen) atoms. The fourth-order valence-corrected chi connectivity index (χ4v) is 2.91. The van der Waals surface area contributed by atoms with Crippen molar-refractivity contribution in [2.24, 2.45) is 5.92 Å². The van der Waals surface area contributed by atoms with Crippen LogP contribution in [0.4, 0.5) is 0 Å². The van der Waals surface area contributed by atoms with Gasteiger partial charge in [0.05, 0.1) is 13.2 Å². The molecule has 1 aromatic rings. The highest BCUT2D eigenvalue weighted by molar-refractivity contribution is 5.77. The summed E-state index contributed by atoms with van der Waals surface area (Å²) in [6, 6.07) is 8.10. The largest absolute Gasteiger partial charge is 0.496 e. The average molecular weight is 274 g/mol. The zero-order valence-corrected chi connectivity index (χ0v) is 12.0. The van der Waals surface area contributed by atoms with Crippen molar-refractivity contribution in [3.63, 3.8) is 0 Å². The molecule has 4 heteroatoms. The van der Waals surface area contributed by atoms with Crippen LogP contribution in [-0.2, 0) is 4.79 Å². The Balaban J connectivity index is 1.82. The molecule has 1 N–H and O–H groups in total. The van der Waals surface area contributed by atoms with E-state index in [4.69, 9.17) is 4.74 Å². The maximum Gasteiger partial charge on any atom is 0.223 e. The van der Waals surface area contributed by atoms with Gasteiger partial charge >= 0.3 is 0 Å². The molecular formula is C16H22N2O2. The zero-order valence-electron chi connectivity index (χ0n) is 12.0. The molecule has 1 aromatic carbocycles. The molecule has 0 unspecified atom stereocenters. The van der Waals surface area contributed by atoms with Gasteiger partial charge in [0.2, 0.25) is 5.91 Å². The highest BCUT2D eigenvalue weighted by Gasteiger charge is 2.33. The summed E-state index contributed by atoms with van der Waals surface area (Å²) in [7, 11) is 1.69. The van der Waals surface area contributed by atoms with E-state index >= 15 is 0 Å². The summed E-state index contributed by atoms with van der Waals surface area (Å²) in [4.78, 5) is 14.5. The van der Waals surface area contributed by atoms with Crippen molar-refractivity contribution >= 4 is 5.91 Å². The maximum atomic E-state index is 12.5. The van der Waals surface area contributed by atoms with E-state index in [2.05, 4.69) is 11.4 Å². The quantitative estimate of drug-likeness (QED) is 0.912. The third-order valence-corrected chi connectivity index (χ3v) is 4.22. The number of nitrogens with one attached hydrogen (secondary N) is 1. The molecule has 3 rings (SSSR count). The summed E-state index contributed by atoms with van der Waals surface area (Å²) >= 11 is 0. The Kier molecular flexibility index (Phi) is 3.92. The van der Waals surface area contributed by atoms with Gasteiger partial charge in [0.25, 0.3) is 0 Å². The first-order valence-electron chi connectivity index (χ1n) is 7.42. The Morgan fingerprint density at radius 3 is 2.95 bits per heavy atom. The molecule has 1 heterocycles. The lowest BCUT2D eigenvalue weighted by Gasteiger charge is -2.37. The molecule has 1 atom stereocenters. The molecule has 4 nitrogen and oxygen atoms in total. The van der Waals surface area contributed by atoms with Crippen molar-refractivity contribution in [2.75, 3.05) is 26.7 Å². The molecule has 1 aliphatic carbocycles. The zero-order chi connectivity index (χ0) is 13.9. The summed E-state index contributed by atoms with van der Waals surface area (Å²) in [6.07, 6.45) is 3.15. The molecular weight excluding hydrogens is 252 g/mol. The Morgan fingerprint density at radius 1 is 1.40 bits per heavy atom. The van der Waals surface area contributed by atoms with Gasteiger partial charge in [-0.15, -0.1) is 0 Å². The fraction of sp³-hybridized carbons (Fsp3) is 0.562. The second-order valence-corrected chi connectivity index (χ2v) is 5.70. The molecule has 108 valence electrons. The molecule has 0 aromatic heterocycles. The highest BCUT2D eigenvalue weighted by Crippen LogP contribution is 2.35. The number of carbonyl (C=O) groups excluding carboxylic acids is 1. The first kappa shape index (κ1) is 13.4. The van der Waals surface area contributed by atoms with Crippen molar-refractivity contribution in [3.05, 3.63) is 29.8 Å². The number of benzene rings is 1. The third kappa shape index (κ3) is 2.80. The van der Waals surface area contributed by atoms with Crippen LogP contribution in [0, 0.1) is 5.92 Å². The first-order valence-corrected chi connectivity index (χ1v) is 7.42. The number of nitrogens with zero attached hydrogens (tertiary/aromatic N) is 1. The van der Waals surface area contributed by atoms with E-state index in [1.807, 2.05) is 23.1 Å². The fourth-order valence-electron chi connectivity index (χ4n) is 2.91. The van der Waals surface area contributed by atoms with Gasteiger partial charge in [0.1, 0.15) is 5.75 Å². The van der Waals surface area contributed by atoms with Crippen LogP contribution >= 0.6 is 0 Å². The number of piperazine rings is 1. The number of hydrogen-bond acceptors (Lipinski definition) is 3. The normalized spacial score (nSPS) is 22.6. The van der Waals surface area contributed by atoms with Gasteiger partial charge in [-0.1, -0.05) is 18.2 Å². The van der Waals surface area contributed by atoms with Gasteiger partial charge in [0.15, 0.2) is 0 Å². The van der Waals surface area contributed by atoms with Gasteiger partial charge in [-0.05, 0) is 24.8 Å². The summed E-state index contributed by atoms with van der Waals surface area (Å²) in [5.41, 5.74) is 1.10. The first-order chi connectivity index (χ1) is 9.79. The maximum absolute atomic E-state index is 12.5. The van der Waals surface area contributed by atoms with Gasteiger partial charge < -0.3 is 15.0 Å². The Labute approximate surface area is 120 Å². The minimum absolute atomic E-state index is 0.0890. The van der Waals surface area contributed by atoms with Gasteiger partial charge in [-0.2, -0.15) is 0 Å². The lowest BCUT2D eigenvalue weighted by Crippen LogP contribution is -2.48. The van der Waals surface area contributed by atoms with Crippen LogP contribution in [0.25, 0.3) is 0 Å². The van der Waals surface area contributed by atoms with Gasteiger partial charge in [0, 0.05) is 31.6 Å². The Hall–Kier alpha value is -1.55. The van der Waals surface area contributed by atoms with Crippen LogP contribution in [0.1, 0.15) is 30.9 Å². The molecule has 1 saturated carbocycles. The smallest absolute Gasteiger partial charge is 0.223 e. The second kappa shape index (κ2) is 5.83. The monoisotopic (exact) mass is 274 g/mol.